The molecule has 5 nitrogen and oxygen atoms in total. The smallest absolute Gasteiger partial charge is 0.253 e. The molecular formula is C27H36N2O3. The van der Waals surface area contributed by atoms with Gasteiger partial charge in [0.05, 0.1) is 6.61 Å². The number of hydrogen-bond acceptors (Lipinski definition) is 4. The lowest BCUT2D eigenvalue weighted by Gasteiger charge is -2.33. The summed E-state index contributed by atoms with van der Waals surface area (Å²) in [5.41, 5.74) is 4.85. The standard InChI is InChI=1S/C27H36N2O3/c1-29(27(30)22-9-12-26(13-10-22)32-19-20-4-5-20)25-11-8-23-16-21(6-7-24(23)17-25)18-28-14-3-15-31-2/h6-7,9-10,12-13,16,20,25,28H,3-5,8,11,14-15,17-19H2,1-2H3/t25-/m0/s1. The van der Waals surface area contributed by atoms with Gasteiger partial charge in [-0.05, 0) is 91.9 Å². The molecule has 0 radical (unpaired) electrons. The molecule has 2 aromatic carbocycles. The number of benzene rings is 2. The van der Waals surface area contributed by atoms with Crippen molar-refractivity contribution in [2.45, 2.75) is 51.1 Å². The molecule has 2 aliphatic rings. The van der Waals surface area contributed by atoms with Crippen LogP contribution in [0.15, 0.2) is 42.5 Å². The summed E-state index contributed by atoms with van der Waals surface area (Å²) in [5.74, 6) is 1.67. The molecule has 2 aromatic rings. The van der Waals surface area contributed by atoms with Crippen molar-refractivity contribution in [3.8, 4) is 5.75 Å². The Balaban J connectivity index is 1.29. The summed E-state index contributed by atoms with van der Waals surface area (Å²) in [6, 6.07) is 14.7. The number of methoxy groups -OCH3 is 1. The van der Waals surface area contributed by atoms with Crippen molar-refractivity contribution in [2.75, 3.05) is 33.9 Å². The predicted octanol–water partition coefficient (Wildman–Crippen LogP) is 4.23. The van der Waals surface area contributed by atoms with Crippen LogP contribution in [0.4, 0.5) is 0 Å². The summed E-state index contributed by atoms with van der Waals surface area (Å²) in [6.07, 6.45) is 6.52. The summed E-state index contributed by atoms with van der Waals surface area (Å²) in [4.78, 5) is 15.0. The molecular weight excluding hydrogens is 400 g/mol. The Bertz CT molecular complexity index is 892. The Morgan fingerprint density at radius 1 is 1.09 bits per heavy atom. The minimum atomic E-state index is 0.0871. The van der Waals surface area contributed by atoms with Gasteiger partial charge in [-0.25, -0.2) is 0 Å². The fourth-order valence-corrected chi connectivity index (χ4v) is 4.37. The number of nitrogens with one attached hydrogen (secondary N) is 1. The molecule has 0 heterocycles. The Labute approximate surface area is 192 Å². The number of fused-ring (bicyclic) bond motifs is 1. The normalized spacial score (nSPS) is 17.6. The first-order valence-corrected chi connectivity index (χ1v) is 11.9. The van der Waals surface area contributed by atoms with E-state index in [1.54, 1.807) is 7.11 Å². The van der Waals surface area contributed by atoms with Crippen LogP contribution in [-0.2, 0) is 24.1 Å². The molecule has 5 heteroatoms. The van der Waals surface area contributed by atoms with E-state index in [0.717, 1.165) is 69.2 Å². The highest BCUT2D eigenvalue weighted by Crippen LogP contribution is 2.30. The average Bonchev–Trinajstić information content (AvgIpc) is 3.66. The SMILES string of the molecule is COCCCNCc1ccc2c(c1)CC[C@H](N(C)C(=O)c1ccc(OCC3CC3)cc1)C2. The molecule has 1 N–H and O–H groups in total. The second kappa shape index (κ2) is 11.0. The van der Waals surface area contributed by atoms with Gasteiger partial charge in [0.1, 0.15) is 5.75 Å². The van der Waals surface area contributed by atoms with Gasteiger partial charge in [-0.3, -0.25) is 4.79 Å². The molecule has 0 bridgehead atoms. The van der Waals surface area contributed by atoms with Crippen LogP contribution in [0.25, 0.3) is 0 Å². The second-order valence-corrected chi connectivity index (χ2v) is 9.22. The molecule has 2 aliphatic carbocycles. The van der Waals surface area contributed by atoms with Crippen molar-refractivity contribution in [1.29, 1.82) is 0 Å². The van der Waals surface area contributed by atoms with Crippen molar-refractivity contribution < 1.29 is 14.3 Å². The molecule has 0 aromatic heterocycles. The largest absolute Gasteiger partial charge is 0.493 e. The van der Waals surface area contributed by atoms with E-state index in [-0.39, 0.29) is 11.9 Å². The number of ether oxygens (including phenoxy) is 2. The fourth-order valence-electron chi connectivity index (χ4n) is 4.37. The van der Waals surface area contributed by atoms with E-state index in [4.69, 9.17) is 9.47 Å². The number of amides is 1. The van der Waals surface area contributed by atoms with Crippen molar-refractivity contribution in [1.82, 2.24) is 10.2 Å². The van der Waals surface area contributed by atoms with Gasteiger partial charge >= 0.3 is 0 Å². The molecule has 32 heavy (non-hydrogen) atoms. The molecule has 0 saturated heterocycles. The highest BCUT2D eigenvalue weighted by Gasteiger charge is 2.26. The number of rotatable bonds is 11. The highest BCUT2D eigenvalue weighted by molar-refractivity contribution is 5.94. The van der Waals surface area contributed by atoms with Gasteiger partial charge in [-0.2, -0.15) is 0 Å². The molecule has 1 atom stereocenters. The van der Waals surface area contributed by atoms with Crippen molar-refractivity contribution in [3.63, 3.8) is 0 Å². The van der Waals surface area contributed by atoms with Gasteiger partial charge in [0.2, 0.25) is 0 Å². The summed E-state index contributed by atoms with van der Waals surface area (Å²) in [5, 5.41) is 3.48. The third-order valence-electron chi connectivity index (χ3n) is 6.66. The first-order chi connectivity index (χ1) is 15.6. The number of hydrogen-bond donors (Lipinski definition) is 1. The Hall–Kier alpha value is -2.37. The summed E-state index contributed by atoms with van der Waals surface area (Å²) in [6.45, 7) is 3.44. The van der Waals surface area contributed by atoms with Gasteiger partial charge in [0, 0.05) is 38.9 Å². The van der Waals surface area contributed by atoms with Crippen molar-refractivity contribution in [2.24, 2.45) is 5.92 Å². The lowest BCUT2D eigenvalue weighted by Crippen LogP contribution is -2.40. The number of carbonyl (C=O) groups excluding carboxylic acids is 1. The zero-order chi connectivity index (χ0) is 22.3. The van der Waals surface area contributed by atoms with E-state index < -0.39 is 0 Å². The first kappa shape index (κ1) is 22.8. The van der Waals surface area contributed by atoms with Crippen molar-refractivity contribution >= 4 is 5.91 Å². The van der Waals surface area contributed by atoms with Crippen LogP contribution in [0.1, 0.15) is 52.7 Å². The lowest BCUT2D eigenvalue weighted by molar-refractivity contribution is 0.0719. The maximum atomic E-state index is 13.1. The zero-order valence-electron chi connectivity index (χ0n) is 19.4. The van der Waals surface area contributed by atoms with Crippen molar-refractivity contribution in [3.05, 3.63) is 64.7 Å². The van der Waals surface area contributed by atoms with E-state index in [0.29, 0.717) is 0 Å². The minimum absolute atomic E-state index is 0.0871. The second-order valence-electron chi connectivity index (χ2n) is 9.22. The zero-order valence-corrected chi connectivity index (χ0v) is 19.4. The minimum Gasteiger partial charge on any atom is -0.493 e. The topological polar surface area (TPSA) is 50.8 Å². The van der Waals surface area contributed by atoms with E-state index in [1.807, 2.05) is 36.2 Å². The predicted molar refractivity (Wildman–Crippen MR) is 127 cm³/mol. The maximum Gasteiger partial charge on any atom is 0.253 e. The summed E-state index contributed by atoms with van der Waals surface area (Å²) >= 11 is 0. The van der Waals surface area contributed by atoms with Crippen LogP contribution < -0.4 is 10.1 Å². The van der Waals surface area contributed by atoms with E-state index >= 15 is 0 Å². The average molecular weight is 437 g/mol. The molecule has 0 aliphatic heterocycles. The van der Waals surface area contributed by atoms with E-state index in [2.05, 4.69) is 23.5 Å². The maximum absolute atomic E-state index is 13.1. The van der Waals surface area contributed by atoms with Gasteiger partial charge in [0.25, 0.3) is 5.91 Å². The number of aryl methyl sites for hydroxylation is 1. The lowest BCUT2D eigenvalue weighted by atomic mass is 9.86. The van der Waals surface area contributed by atoms with Crippen LogP contribution in [0.2, 0.25) is 0 Å². The monoisotopic (exact) mass is 436 g/mol. The number of nitrogens with zero attached hydrogens (tertiary/aromatic N) is 1. The fraction of sp³-hybridized carbons (Fsp3) is 0.519. The Morgan fingerprint density at radius 3 is 2.66 bits per heavy atom. The van der Waals surface area contributed by atoms with Gasteiger partial charge in [-0.1, -0.05) is 18.2 Å². The molecule has 0 unspecified atom stereocenters. The van der Waals surface area contributed by atoms with Crippen LogP contribution >= 0.6 is 0 Å². The van der Waals surface area contributed by atoms with Crippen LogP contribution in [0.3, 0.4) is 0 Å². The molecule has 4 rings (SSSR count). The number of carbonyl (C=O) groups is 1. The van der Waals surface area contributed by atoms with Crippen LogP contribution in [0, 0.1) is 5.92 Å². The summed E-state index contributed by atoms with van der Waals surface area (Å²) < 4.78 is 10.9. The molecule has 0 spiro atoms. The highest BCUT2D eigenvalue weighted by atomic mass is 16.5. The summed E-state index contributed by atoms with van der Waals surface area (Å²) in [7, 11) is 3.68. The van der Waals surface area contributed by atoms with Gasteiger partial charge in [0.15, 0.2) is 0 Å². The molecule has 1 fully saturated rings. The van der Waals surface area contributed by atoms with Crippen LogP contribution in [-0.4, -0.2) is 50.8 Å². The Morgan fingerprint density at radius 2 is 1.91 bits per heavy atom. The number of likely N-dealkylation sites (N-methyl/N-ethyl adjacent to an activating group) is 1. The Kier molecular flexibility index (Phi) is 7.82. The van der Waals surface area contributed by atoms with E-state index in [9.17, 15) is 4.79 Å². The molecule has 1 amide bonds. The molecule has 172 valence electrons. The first-order valence-electron chi connectivity index (χ1n) is 11.9. The molecule has 1 saturated carbocycles. The van der Waals surface area contributed by atoms with Crippen LogP contribution in [0.5, 0.6) is 5.75 Å². The quantitative estimate of drug-likeness (QED) is 0.536. The third kappa shape index (κ3) is 6.11. The van der Waals surface area contributed by atoms with Gasteiger partial charge < -0.3 is 19.7 Å². The third-order valence-corrected chi connectivity index (χ3v) is 6.66. The van der Waals surface area contributed by atoms with Gasteiger partial charge in [-0.15, -0.1) is 0 Å². The van der Waals surface area contributed by atoms with E-state index in [1.165, 1.54) is 29.5 Å².